The number of hydrogen-bond donors (Lipinski definition) is 2. The molecule has 2 N–H and O–H groups in total. The van der Waals surface area contributed by atoms with Crippen molar-refractivity contribution in [2.24, 2.45) is 0 Å². The van der Waals surface area contributed by atoms with Gasteiger partial charge in [0.15, 0.2) is 0 Å². The number of rotatable bonds is 6. The monoisotopic (exact) mass is 277 g/mol. The van der Waals surface area contributed by atoms with Gasteiger partial charge < -0.3 is 5.11 Å². The van der Waals surface area contributed by atoms with Crippen LogP contribution in [0.5, 0.6) is 0 Å². The summed E-state index contributed by atoms with van der Waals surface area (Å²) in [6.07, 6.45) is 0. The van der Waals surface area contributed by atoms with Crippen LogP contribution in [0.15, 0.2) is 30.3 Å². The van der Waals surface area contributed by atoms with Crippen LogP contribution >= 0.6 is 11.6 Å². The molecule has 1 rings (SSSR count). The molecule has 0 aromatic heterocycles. The smallest absolute Gasteiger partial charge is 0.213 e. The van der Waals surface area contributed by atoms with Crippen molar-refractivity contribution in [2.45, 2.75) is 12.5 Å². The third-order valence-electron chi connectivity index (χ3n) is 2.45. The van der Waals surface area contributed by atoms with Crippen molar-refractivity contribution in [1.29, 1.82) is 0 Å². The highest BCUT2D eigenvalue weighted by atomic mass is 35.5. The van der Waals surface area contributed by atoms with E-state index in [2.05, 4.69) is 4.72 Å². The molecule has 1 aromatic rings. The molecule has 4 nitrogen and oxygen atoms in total. The Hall–Kier alpha value is -0.620. The van der Waals surface area contributed by atoms with Crippen LogP contribution < -0.4 is 4.72 Å². The highest BCUT2D eigenvalue weighted by molar-refractivity contribution is 7.89. The number of aliphatic hydroxyl groups is 1. The topological polar surface area (TPSA) is 66.4 Å². The molecule has 0 spiro atoms. The molecule has 0 saturated carbocycles. The molecule has 0 amide bonds. The predicted octanol–water partition coefficient (Wildman–Crippen LogP) is 1.05. The summed E-state index contributed by atoms with van der Waals surface area (Å²) >= 11 is 5.42. The third kappa shape index (κ3) is 3.96. The molecule has 1 unspecified atom stereocenters. The number of hydrogen-bond acceptors (Lipinski definition) is 3. The Balaban J connectivity index is 2.98. The lowest BCUT2D eigenvalue weighted by atomic mass is 9.94. The molecule has 96 valence electrons. The van der Waals surface area contributed by atoms with Gasteiger partial charge in [-0.1, -0.05) is 30.3 Å². The summed E-state index contributed by atoms with van der Waals surface area (Å²) in [5.41, 5.74) is -0.313. The first-order chi connectivity index (χ1) is 7.93. The van der Waals surface area contributed by atoms with Crippen LogP contribution in [-0.4, -0.2) is 31.8 Å². The molecule has 17 heavy (non-hydrogen) atoms. The van der Waals surface area contributed by atoms with E-state index in [4.69, 9.17) is 11.6 Å². The molecule has 0 aliphatic carbocycles. The first-order valence-corrected chi connectivity index (χ1v) is 7.36. The van der Waals surface area contributed by atoms with Gasteiger partial charge in [-0.15, -0.1) is 11.6 Å². The van der Waals surface area contributed by atoms with Crippen molar-refractivity contribution in [2.75, 3.05) is 18.2 Å². The van der Waals surface area contributed by atoms with E-state index in [9.17, 15) is 13.5 Å². The lowest BCUT2D eigenvalue weighted by Gasteiger charge is -2.28. The average Bonchev–Trinajstić information content (AvgIpc) is 2.29. The zero-order valence-corrected chi connectivity index (χ0v) is 11.1. The molecule has 0 aliphatic rings. The lowest BCUT2D eigenvalue weighted by Crippen LogP contribution is -2.47. The molecule has 0 radical (unpaired) electrons. The Morgan fingerprint density at radius 3 is 2.41 bits per heavy atom. The quantitative estimate of drug-likeness (QED) is 0.764. The molecule has 0 heterocycles. The number of benzene rings is 1. The van der Waals surface area contributed by atoms with Gasteiger partial charge >= 0.3 is 0 Å². The van der Waals surface area contributed by atoms with Crippen LogP contribution in [0.3, 0.4) is 0 Å². The Morgan fingerprint density at radius 2 is 1.94 bits per heavy atom. The fourth-order valence-corrected chi connectivity index (χ4v) is 3.27. The Morgan fingerprint density at radius 1 is 1.35 bits per heavy atom. The summed E-state index contributed by atoms with van der Waals surface area (Å²) in [6.45, 7) is 1.31. The lowest BCUT2D eigenvalue weighted by molar-refractivity contribution is 0.196. The Labute approximate surface area is 107 Å². The zero-order chi connectivity index (χ0) is 12.9. The van der Waals surface area contributed by atoms with Gasteiger partial charge in [-0.25, -0.2) is 13.1 Å². The number of alkyl halides is 1. The molecule has 6 heteroatoms. The second kappa shape index (κ2) is 5.82. The summed E-state index contributed by atoms with van der Waals surface area (Å²) in [5, 5.41) is 9.41. The number of sulfonamides is 1. The molecule has 0 bridgehead atoms. The molecule has 1 aromatic carbocycles. The largest absolute Gasteiger partial charge is 0.394 e. The molecular formula is C11H16ClNO3S. The van der Waals surface area contributed by atoms with Crippen LogP contribution in [0, 0.1) is 0 Å². The van der Waals surface area contributed by atoms with E-state index in [-0.39, 0.29) is 18.2 Å². The summed E-state index contributed by atoms with van der Waals surface area (Å²) in [7, 11) is -3.49. The van der Waals surface area contributed by atoms with Crippen LogP contribution in [-0.2, 0) is 15.6 Å². The van der Waals surface area contributed by atoms with Gasteiger partial charge in [-0.05, 0) is 12.5 Å². The Kier molecular flexibility index (Phi) is 4.94. The zero-order valence-electron chi connectivity index (χ0n) is 9.56. The van der Waals surface area contributed by atoms with E-state index in [1.54, 1.807) is 31.2 Å². The van der Waals surface area contributed by atoms with E-state index in [0.29, 0.717) is 5.56 Å². The Bertz CT molecular complexity index is 449. The average molecular weight is 278 g/mol. The third-order valence-corrected chi connectivity index (χ3v) is 4.37. The van der Waals surface area contributed by atoms with Crippen molar-refractivity contribution in [3.8, 4) is 0 Å². The van der Waals surface area contributed by atoms with Gasteiger partial charge in [0, 0.05) is 5.88 Å². The predicted molar refractivity (Wildman–Crippen MR) is 68.5 cm³/mol. The van der Waals surface area contributed by atoms with Crippen molar-refractivity contribution in [1.82, 2.24) is 4.72 Å². The van der Waals surface area contributed by atoms with E-state index in [0.717, 1.165) is 0 Å². The van der Waals surface area contributed by atoms with Crippen LogP contribution in [0.25, 0.3) is 0 Å². The van der Waals surface area contributed by atoms with E-state index >= 15 is 0 Å². The highest BCUT2D eigenvalue weighted by Crippen LogP contribution is 2.20. The van der Waals surface area contributed by atoms with Crippen molar-refractivity contribution in [3.05, 3.63) is 35.9 Å². The minimum atomic E-state index is -3.49. The summed E-state index contributed by atoms with van der Waals surface area (Å²) in [6, 6.07) is 8.94. The molecule has 1 atom stereocenters. The SMILES string of the molecule is CC(CO)(NS(=O)(=O)CCCl)c1ccccc1. The fourth-order valence-electron chi connectivity index (χ4n) is 1.48. The molecule has 0 fully saturated rings. The van der Waals surface area contributed by atoms with E-state index in [1.165, 1.54) is 0 Å². The maximum Gasteiger partial charge on any atom is 0.213 e. The minimum Gasteiger partial charge on any atom is -0.394 e. The molecule has 0 saturated heterocycles. The van der Waals surface area contributed by atoms with Crippen LogP contribution in [0.2, 0.25) is 0 Å². The first-order valence-electron chi connectivity index (χ1n) is 5.17. The van der Waals surface area contributed by atoms with Gasteiger partial charge in [-0.2, -0.15) is 0 Å². The van der Waals surface area contributed by atoms with Crippen LogP contribution in [0.4, 0.5) is 0 Å². The van der Waals surface area contributed by atoms with Gasteiger partial charge in [0.25, 0.3) is 0 Å². The summed E-state index contributed by atoms with van der Waals surface area (Å²) < 4.78 is 25.8. The molecular weight excluding hydrogens is 262 g/mol. The van der Waals surface area contributed by atoms with Crippen LogP contribution in [0.1, 0.15) is 12.5 Å². The maximum absolute atomic E-state index is 11.7. The number of aliphatic hydroxyl groups excluding tert-OH is 1. The minimum absolute atomic E-state index is 0.0195. The highest BCUT2D eigenvalue weighted by Gasteiger charge is 2.30. The molecule has 0 aliphatic heterocycles. The second-order valence-corrected chi connectivity index (χ2v) is 6.19. The number of halogens is 1. The number of nitrogens with one attached hydrogen (secondary N) is 1. The fraction of sp³-hybridized carbons (Fsp3) is 0.455. The van der Waals surface area contributed by atoms with Gasteiger partial charge in [-0.3, -0.25) is 0 Å². The summed E-state index contributed by atoms with van der Waals surface area (Å²) in [5.74, 6) is -0.150. The van der Waals surface area contributed by atoms with E-state index < -0.39 is 15.6 Å². The standard InChI is InChI=1S/C11H16ClNO3S/c1-11(9-14,10-5-3-2-4-6-10)13-17(15,16)8-7-12/h2-6,13-14H,7-9H2,1H3. The first kappa shape index (κ1) is 14.4. The van der Waals surface area contributed by atoms with Crippen molar-refractivity contribution in [3.63, 3.8) is 0 Å². The van der Waals surface area contributed by atoms with Crippen molar-refractivity contribution < 1.29 is 13.5 Å². The van der Waals surface area contributed by atoms with Gasteiger partial charge in [0.05, 0.1) is 17.9 Å². The van der Waals surface area contributed by atoms with E-state index in [1.807, 2.05) is 6.07 Å². The second-order valence-electron chi connectivity index (χ2n) is 3.97. The summed E-state index contributed by atoms with van der Waals surface area (Å²) in [4.78, 5) is 0. The maximum atomic E-state index is 11.7. The van der Waals surface area contributed by atoms with Crippen molar-refractivity contribution >= 4 is 21.6 Å². The van der Waals surface area contributed by atoms with Gasteiger partial charge in [0.1, 0.15) is 0 Å². The van der Waals surface area contributed by atoms with Gasteiger partial charge in [0.2, 0.25) is 10.0 Å². The normalized spacial score (nSPS) is 15.5.